The lowest BCUT2D eigenvalue weighted by Crippen LogP contribution is -2.30. The molecule has 2 unspecified atom stereocenters. The highest BCUT2D eigenvalue weighted by molar-refractivity contribution is 7.99. The summed E-state index contributed by atoms with van der Waals surface area (Å²) in [6.45, 7) is 1.73. The van der Waals surface area contributed by atoms with Crippen molar-refractivity contribution < 1.29 is 19.4 Å². The summed E-state index contributed by atoms with van der Waals surface area (Å²) < 4.78 is 5.00. The number of ketones is 1. The van der Waals surface area contributed by atoms with E-state index in [1.54, 1.807) is 0 Å². The van der Waals surface area contributed by atoms with Crippen molar-refractivity contribution in [3.63, 3.8) is 0 Å². The van der Waals surface area contributed by atoms with Crippen LogP contribution in [0.1, 0.15) is 51.5 Å². The number of ether oxygens (including phenoxy) is 1. The van der Waals surface area contributed by atoms with Gasteiger partial charge in [0, 0.05) is 41.8 Å². The van der Waals surface area contributed by atoms with Crippen LogP contribution in [0.5, 0.6) is 0 Å². The second-order valence-corrected chi connectivity index (χ2v) is 9.87. The van der Waals surface area contributed by atoms with Gasteiger partial charge in [-0.15, -0.1) is 0 Å². The van der Waals surface area contributed by atoms with Gasteiger partial charge in [0.2, 0.25) is 0 Å². The van der Waals surface area contributed by atoms with E-state index in [4.69, 9.17) is 15.6 Å². The molecule has 3 N–H and O–H groups in total. The zero-order valence-electron chi connectivity index (χ0n) is 19.2. The number of nitrogens with two attached hydrogens (primary N) is 1. The van der Waals surface area contributed by atoms with E-state index in [-0.39, 0.29) is 43.3 Å². The lowest BCUT2D eigenvalue weighted by atomic mass is 9.77. The van der Waals surface area contributed by atoms with Crippen LogP contribution in [0.3, 0.4) is 0 Å². The number of fused-ring (bicyclic) bond motifs is 1. The molecular formula is C26H31N3O4S. The van der Waals surface area contributed by atoms with Crippen molar-refractivity contribution in [2.75, 3.05) is 37.8 Å². The normalized spacial score (nSPS) is 20.2. The molecular weight excluding hydrogens is 450 g/mol. The van der Waals surface area contributed by atoms with Gasteiger partial charge in [-0.25, -0.2) is 0 Å². The number of aryl methyl sites for hydroxylation is 1. The SMILES string of the molecule is NC1c2cc(C(=O)c3ccc(C=NN4CCSCC4)cc3)ccc2CCC1CC(=O)OCCO. The third-order valence-electron chi connectivity index (χ3n) is 6.37. The van der Waals surface area contributed by atoms with Gasteiger partial charge in [-0.2, -0.15) is 16.9 Å². The monoisotopic (exact) mass is 481 g/mol. The van der Waals surface area contributed by atoms with Crippen LogP contribution < -0.4 is 5.73 Å². The van der Waals surface area contributed by atoms with Crippen molar-refractivity contribution in [2.24, 2.45) is 16.8 Å². The highest BCUT2D eigenvalue weighted by atomic mass is 32.2. The minimum atomic E-state index is -0.354. The van der Waals surface area contributed by atoms with Crippen LogP contribution in [0.2, 0.25) is 0 Å². The number of benzene rings is 2. The Morgan fingerprint density at radius 1 is 1.15 bits per heavy atom. The summed E-state index contributed by atoms with van der Waals surface area (Å²) in [5.74, 6) is 1.73. The van der Waals surface area contributed by atoms with Crippen LogP contribution in [0.15, 0.2) is 47.6 Å². The summed E-state index contributed by atoms with van der Waals surface area (Å²) in [4.78, 5) is 25.1. The lowest BCUT2D eigenvalue weighted by Gasteiger charge is -2.31. The molecule has 2 aromatic rings. The first-order valence-electron chi connectivity index (χ1n) is 11.7. The van der Waals surface area contributed by atoms with Crippen LogP contribution in [0, 0.1) is 5.92 Å². The van der Waals surface area contributed by atoms with E-state index in [0.717, 1.165) is 54.1 Å². The molecule has 7 nitrogen and oxygen atoms in total. The largest absolute Gasteiger partial charge is 0.463 e. The van der Waals surface area contributed by atoms with Crippen LogP contribution in [-0.4, -0.2) is 65.9 Å². The zero-order valence-corrected chi connectivity index (χ0v) is 20.0. The number of carbonyl (C=O) groups excluding carboxylic acids is 2. The van der Waals surface area contributed by atoms with E-state index in [9.17, 15) is 9.59 Å². The van der Waals surface area contributed by atoms with E-state index < -0.39 is 0 Å². The molecule has 4 rings (SSSR count). The number of thioether (sulfide) groups is 1. The molecule has 0 spiro atoms. The number of rotatable bonds is 8. The van der Waals surface area contributed by atoms with Crippen molar-refractivity contribution in [2.45, 2.75) is 25.3 Å². The summed E-state index contributed by atoms with van der Waals surface area (Å²) in [5.41, 5.74) is 10.7. The summed E-state index contributed by atoms with van der Waals surface area (Å²) >= 11 is 1.95. The van der Waals surface area contributed by atoms with Gasteiger partial charge < -0.3 is 15.6 Å². The number of aliphatic hydroxyl groups is 1. The average molecular weight is 482 g/mol. The molecule has 1 aliphatic carbocycles. The summed E-state index contributed by atoms with van der Waals surface area (Å²) in [6, 6.07) is 12.8. The molecule has 0 saturated carbocycles. The number of hydrogen-bond donors (Lipinski definition) is 2. The third-order valence-corrected chi connectivity index (χ3v) is 7.32. The Morgan fingerprint density at radius 3 is 2.62 bits per heavy atom. The molecule has 0 amide bonds. The number of carbonyl (C=O) groups is 2. The molecule has 1 aliphatic heterocycles. The molecule has 8 heteroatoms. The Kier molecular flexibility index (Phi) is 8.37. The molecule has 2 atom stereocenters. The van der Waals surface area contributed by atoms with Gasteiger partial charge in [-0.1, -0.05) is 36.4 Å². The fourth-order valence-corrected chi connectivity index (χ4v) is 5.30. The zero-order chi connectivity index (χ0) is 23.9. The minimum absolute atomic E-state index is 0.00190. The molecule has 34 heavy (non-hydrogen) atoms. The molecule has 1 heterocycles. The van der Waals surface area contributed by atoms with Crippen molar-refractivity contribution in [3.05, 3.63) is 70.3 Å². The predicted molar refractivity (Wildman–Crippen MR) is 134 cm³/mol. The van der Waals surface area contributed by atoms with Crippen LogP contribution in [0.4, 0.5) is 0 Å². The summed E-state index contributed by atoms with van der Waals surface area (Å²) in [6.07, 6.45) is 3.64. The lowest BCUT2D eigenvalue weighted by molar-refractivity contribution is -0.146. The quantitative estimate of drug-likeness (QED) is 0.339. The molecule has 0 radical (unpaired) electrons. The van der Waals surface area contributed by atoms with Crippen molar-refractivity contribution >= 4 is 29.7 Å². The van der Waals surface area contributed by atoms with Crippen LogP contribution in [0.25, 0.3) is 0 Å². The fraction of sp³-hybridized carbons (Fsp3) is 0.423. The number of hydrazone groups is 1. The van der Waals surface area contributed by atoms with Gasteiger partial charge in [0.15, 0.2) is 5.78 Å². The second kappa shape index (κ2) is 11.6. The first-order chi connectivity index (χ1) is 16.5. The maximum atomic E-state index is 13.2. The van der Waals surface area contributed by atoms with Gasteiger partial charge in [-0.05, 0) is 41.5 Å². The van der Waals surface area contributed by atoms with Gasteiger partial charge >= 0.3 is 5.97 Å². The average Bonchev–Trinajstić information content (AvgIpc) is 2.88. The van der Waals surface area contributed by atoms with Crippen LogP contribution in [-0.2, 0) is 16.0 Å². The van der Waals surface area contributed by atoms with E-state index in [2.05, 4.69) is 10.1 Å². The fourth-order valence-electron chi connectivity index (χ4n) is 4.41. The van der Waals surface area contributed by atoms with Gasteiger partial charge in [0.25, 0.3) is 0 Å². The topological polar surface area (TPSA) is 105 Å². The molecule has 0 bridgehead atoms. The van der Waals surface area contributed by atoms with Gasteiger partial charge in [0.05, 0.1) is 19.2 Å². The van der Waals surface area contributed by atoms with Crippen molar-refractivity contribution in [1.29, 1.82) is 0 Å². The Balaban J connectivity index is 1.43. The van der Waals surface area contributed by atoms with Crippen LogP contribution >= 0.6 is 11.8 Å². The molecule has 2 aromatic carbocycles. The minimum Gasteiger partial charge on any atom is -0.463 e. The van der Waals surface area contributed by atoms with Gasteiger partial charge in [0.1, 0.15) is 6.61 Å². The number of aliphatic hydroxyl groups excluding tert-OH is 1. The predicted octanol–water partition coefficient (Wildman–Crippen LogP) is 2.79. The molecule has 0 aromatic heterocycles. The Labute approximate surface area is 204 Å². The maximum absolute atomic E-state index is 13.2. The van der Waals surface area contributed by atoms with Gasteiger partial charge in [-0.3, -0.25) is 14.6 Å². The second-order valence-electron chi connectivity index (χ2n) is 8.65. The first-order valence-corrected chi connectivity index (χ1v) is 12.9. The highest BCUT2D eigenvalue weighted by Gasteiger charge is 2.29. The van der Waals surface area contributed by atoms with E-state index in [0.29, 0.717) is 11.1 Å². The number of hydrogen-bond acceptors (Lipinski definition) is 8. The van der Waals surface area contributed by atoms with Crippen molar-refractivity contribution in [1.82, 2.24) is 5.01 Å². The van der Waals surface area contributed by atoms with E-state index >= 15 is 0 Å². The molecule has 2 aliphatic rings. The summed E-state index contributed by atoms with van der Waals surface area (Å²) in [7, 11) is 0. The Hall–Kier alpha value is -2.68. The first kappa shape index (κ1) is 24.4. The highest BCUT2D eigenvalue weighted by Crippen LogP contribution is 2.35. The standard InChI is InChI=1S/C26H31N3O4S/c27-25-21(16-24(31)33-12-11-30)7-5-19-6-8-22(15-23(19)25)26(32)20-3-1-18(2-4-20)17-28-29-9-13-34-14-10-29/h1-4,6,8,15,17,21,25,30H,5,7,9-14,16,27H2. The van der Waals surface area contributed by atoms with E-state index in [1.165, 1.54) is 0 Å². The molecule has 180 valence electrons. The van der Waals surface area contributed by atoms with E-state index in [1.807, 2.05) is 60.4 Å². The smallest absolute Gasteiger partial charge is 0.306 e. The van der Waals surface area contributed by atoms with Crippen molar-refractivity contribution in [3.8, 4) is 0 Å². The maximum Gasteiger partial charge on any atom is 0.306 e. The Morgan fingerprint density at radius 2 is 1.88 bits per heavy atom. The number of nitrogens with zero attached hydrogens (tertiary/aromatic N) is 2. The molecule has 1 fully saturated rings. The number of esters is 1. The summed E-state index contributed by atoms with van der Waals surface area (Å²) in [5, 5.41) is 15.4. The molecule has 1 saturated heterocycles. The third kappa shape index (κ3) is 6.05. The Bertz CT molecular complexity index is 1030.